The maximum Gasteiger partial charge on any atom is 0.323 e. The minimum absolute atomic E-state index is 0.0460. The molecule has 2 aromatic rings. The van der Waals surface area contributed by atoms with E-state index in [0.29, 0.717) is 6.54 Å². The number of rotatable bonds is 4. The highest BCUT2D eigenvalue weighted by Gasteiger charge is 2.62. The molecule has 1 aliphatic heterocycles. The molecule has 4 N–H and O–H groups in total. The van der Waals surface area contributed by atoms with E-state index in [1.165, 1.54) is 7.11 Å². The van der Waals surface area contributed by atoms with Crippen molar-refractivity contribution >= 4 is 5.97 Å². The number of carbonyl (C=O) groups excluding carboxylic acids is 1. The summed E-state index contributed by atoms with van der Waals surface area (Å²) >= 11 is 0. The van der Waals surface area contributed by atoms with Crippen molar-refractivity contribution in [3.63, 3.8) is 0 Å². The maximum absolute atomic E-state index is 12.4. The highest BCUT2D eigenvalue weighted by atomic mass is 16.5. The summed E-state index contributed by atoms with van der Waals surface area (Å²) in [7, 11) is 1.28. The molecule has 1 aliphatic carbocycles. The summed E-state index contributed by atoms with van der Waals surface area (Å²) in [5, 5.41) is 41.8. The summed E-state index contributed by atoms with van der Waals surface area (Å²) < 4.78 is 4.92. The monoisotopic (exact) mass is 413 g/mol. The van der Waals surface area contributed by atoms with Crippen LogP contribution in [-0.2, 0) is 16.1 Å². The Morgan fingerprint density at radius 1 is 1.07 bits per heavy atom. The molecule has 160 valence electrons. The zero-order chi connectivity index (χ0) is 21.5. The smallest absolute Gasteiger partial charge is 0.323 e. The Morgan fingerprint density at radius 2 is 1.70 bits per heavy atom. The van der Waals surface area contributed by atoms with Gasteiger partial charge in [-0.15, -0.1) is 0 Å². The summed E-state index contributed by atoms with van der Waals surface area (Å²) in [6, 6.07) is 16.4. The summed E-state index contributed by atoms with van der Waals surface area (Å²) in [5.74, 6) is -0.519. The second-order valence-corrected chi connectivity index (χ2v) is 8.22. The minimum atomic E-state index is -1.71. The van der Waals surface area contributed by atoms with Crippen molar-refractivity contribution in [1.82, 2.24) is 4.90 Å². The molecule has 1 heterocycles. The van der Waals surface area contributed by atoms with E-state index in [9.17, 15) is 25.2 Å². The van der Waals surface area contributed by atoms with Crippen molar-refractivity contribution in [1.29, 1.82) is 0 Å². The number of methoxy groups -OCH3 is 1. The van der Waals surface area contributed by atoms with Crippen LogP contribution in [0.25, 0.3) is 11.1 Å². The summed E-state index contributed by atoms with van der Waals surface area (Å²) in [5.41, 5.74) is 1.37. The largest absolute Gasteiger partial charge is 0.468 e. The van der Waals surface area contributed by atoms with Crippen LogP contribution in [0.2, 0.25) is 0 Å². The number of aliphatic hydroxyl groups excluding tert-OH is 3. The van der Waals surface area contributed by atoms with Crippen LogP contribution in [0.1, 0.15) is 18.4 Å². The highest BCUT2D eigenvalue weighted by molar-refractivity contribution is 5.76. The van der Waals surface area contributed by atoms with Crippen molar-refractivity contribution in [2.24, 2.45) is 0 Å². The molecule has 0 bridgehead atoms. The highest BCUT2D eigenvalue weighted by Crippen LogP contribution is 2.44. The van der Waals surface area contributed by atoms with Crippen LogP contribution < -0.4 is 0 Å². The lowest BCUT2D eigenvalue weighted by molar-refractivity contribution is -0.197. The first-order valence-electron chi connectivity index (χ1n) is 10.1. The zero-order valence-corrected chi connectivity index (χ0v) is 16.8. The lowest BCUT2D eigenvalue weighted by Gasteiger charge is -2.45. The fraction of sp³-hybridized carbons (Fsp3) is 0.435. The first kappa shape index (κ1) is 21.0. The van der Waals surface area contributed by atoms with Crippen LogP contribution in [0.3, 0.4) is 0 Å². The predicted octanol–water partition coefficient (Wildman–Crippen LogP) is 0.687. The first-order valence-corrected chi connectivity index (χ1v) is 10.1. The van der Waals surface area contributed by atoms with Crippen LogP contribution in [0.5, 0.6) is 0 Å². The summed E-state index contributed by atoms with van der Waals surface area (Å²) in [6.45, 7) is 0.331. The van der Waals surface area contributed by atoms with Crippen molar-refractivity contribution < 1.29 is 30.0 Å². The Morgan fingerprint density at radius 3 is 2.33 bits per heavy atom. The summed E-state index contributed by atoms with van der Waals surface area (Å²) in [6.07, 6.45) is -4.23. The van der Waals surface area contributed by atoms with Crippen LogP contribution in [0.15, 0.2) is 54.6 Å². The van der Waals surface area contributed by atoms with Gasteiger partial charge in [-0.2, -0.15) is 0 Å². The molecule has 2 aromatic carbocycles. The standard InChI is InChI=1S/C23H27NO6/c1-30-22(28)17-12-23(29)19(11-18(25)20(26)21(23)27)24(17)13-14-7-9-16(10-8-14)15-5-3-2-4-6-15/h2-10,17-21,25-27,29H,11-13H2,1H3/t17?,18?,19?,20?,21?,23-/m0/s1. The molecule has 0 amide bonds. The molecular weight excluding hydrogens is 386 g/mol. The number of hydrogen-bond donors (Lipinski definition) is 4. The molecule has 1 saturated carbocycles. The van der Waals surface area contributed by atoms with Crippen LogP contribution in [-0.4, -0.2) is 74.4 Å². The maximum atomic E-state index is 12.4. The van der Waals surface area contributed by atoms with E-state index in [-0.39, 0.29) is 12.8 Å². The van der Waals surface area contributed by atoms with Crippen LogP contribution >= 0.6 is 0 Å². The predicted molar refractivity (Wildman–Crippen MR) is 109 cm³/mol. The average Bonchev–Trinajstić information content (AvgIpc) is 3.05. The van der Waals surface area contributed by atoms with Crippen molar-refractivity contribution in [2.45, 2.75) is 55.4 Å². The lowest BCUT2D eigenvalue weighted by Crippen LogP contribution is -2.64. The number of carbonyl (C=O) groups is 1. The van der Waals surface area contributed by atoms with Crippen LogP contribution in [0.4, 0.5) is 0 Å². The molecular formula is C23H27NO6. The van der Waals surface area contributed by atoms with Crippen molar-refractivity contribution in [3.8, 4) is 11.1 Å². The van der Waals surface area contributed by atoms with E-state index in [1.807, 2.05) is 54.6 Å². The SMILES string of the molecule is COC(=O)C1C[C@@]2(O)C(O)C(O)C(O)CC2N1Cc1ccc(-c2ccccc2)cc1. The van der Waals surface area contributed by atoms with Gasteiger partial charge in [0.2, 0.25) is 0 Å². The lowest BCUT2D eigenvalue weighted by atomic mass is 9.75. The Hall–Kier alpha value is -2.29. The van der Waals surface area contributed by atoms with E-state index < -0.39 is 42.0 Å². The first-order chi connectivity index (χ1) is 14.3. The molecule has 6 atom stereocenters. The molecule has 30 heavy (non-hydrogen) atoms. The number of ether oxygens (including phenoxy) is 1. The third-order valence-corrected chi connectivity index (χ3v) is 6.49. The molecule has 0 aromatic heterocycles. The molecule has 2 aliphatic rings. The van der Waals surface area contributed by atoms with Gasteiger partial charge in [-0.3, -0.25) is 9.69 Å². The number of esters is 1. The van der Waals surface area contributed by atoms with E-state index in [4.69, 9.17) is 4.74 Å². The van der Waals surface area contributed by atoms with E-state index in [0.717, 1.165) is 16.7 Å². The fourth-order valence-corrected chi connectivity index (χ4v) is 4.82. The van der Waals surface area contributed by atoms with Gasteiger partial charge in [0, 0.05) is 19.0 Å². The van der Waals surface area contributed by atoms with Gasteiger partial charge in [-0.1, -0.05) is 54.6 Å². The van der Waals surface area contributed by atoms with Gasteiger partial charge in [0.05, 0.1) is 13.2 Å². The molecule has 2 fully saturated rings. The Bertz CT molecular complexity index is 888. The third-order valence-electron chi connectivity index (χ3n) is 6.49. The van der Waals surface area contributed by atoms with Gasteiger partial charge in [-0.25, -0.2) is 0 Å². The van der Waals surface area contributed by atoms with E-state index in [1.54, 1.807) is 4.90 Å². The summed E-state index contributed by atoms with van der Waals surface area (Å²) in [4.78, 5) is 14.2. The van der Waals surface area contributed by atoms with Gasteiger partial charge < -0.3 is 25.2 Å². The van der Waals surface area contributed by atoms with Gasteiger partial charge in [0.25, 0.3) is 0 Å². The number of likely N-dealkylation sites (tertiary alicyclic amines) is 1. The number of fused-ring (bicyclic) bond motifs is 1. The minimum Gasteiger partial charge on any atom is -0.468 e. The normalized spacial score (nSPS) is 33.8. The molecule has 0 spiro atoms. The van der Waals surface area contributed by atoms with Crippen LogP contribution in [0, 0.1) is 0 Å². The fourth-order valence-electron chi connectivity index (χ4n) is 4.82. The second kappa shape index (κ2) is 8.09. The second-order valence-electron chi connectivity index (χ2n) is 8.22. The topological polar surface area (TPSA) is 110 Å². The van der Waals surface area contributed by atoms with Gasteiger partial charge >= 0.3 is 5.97 Å². The zero-order valence-electron chi connectivity index (χ0n) is 16.8. The Labute approximate surface area is 175 Å². The number of benzene rings is 2. The number of aliphatic hydroxyl groups is 4. The molecule has 7 nitrogen and oxygen atoms in total. The number of nitrogens with zero attached hydrogens (tertiary/aromatic N) is 1. The van der Waals surface area contributed by atoms with E-state index in [2.05, 4.69) is 0 Å². The quantitative estimate of drug-likeness (QED) is 0.546. The molecule has 1 saturated heterocycles. The molecule has 4 rings (SSSR count). The van der Waals surface area contributed by atoms with Gasteiger partial charge in [-0.05, 0) is 23.1 Å². The number of hydrogen-bond acceptors (Lipinski definition) is 7. The van der Waals surface area contributed by atoms with Gasteiger partial charge in [0.1, 0.15) is 23.9 Å². The van der Waals surface area contributed by atoms with Crippen molar-refractivity contribution in [2.75, 3.05) is 7.11 Å². The average molecular weight is 413 g/mol. The Balaban J connectivity index is 1.61. The molecule has 7 heteroatoms. The van der Waals surface area contributed by atoms with Gasteiger partial charge in [0.15, 0.2) is 0 Å². The third kappa shape index (κ3) is 3.53. The molecule has 5 unspecified atom stereocenters. The Kier molecular flexibility index (Phi) is 5.65. The van der Waals surface area contributed by atoms with Crippen molar-refractivity contribution in [3.05, 3.63) is 60.2 Å². The van der Waals surface area contributed by atoms with E-state index >= 15 is 0 Å². The molecule has 0 radical (unpaired) electrons.